The maximum absolute atomic E-state index is 12.2. The van der Waals surface area contributed by atoms with Crippen LogP contribution in [0.3, 0.4) is 0 Å². The van der Waals surface area contributed by atoms with Crippen molar-refractivity contribution in [3.05, 3.63) is 11.6 Å². The number of ether oxygens (including phenoxy) is 1. The van der Waals surface area contributed by atoms with E-state index in [9.17, 15) is 4.79 Å². The highest BCUT2D eigenvalue weighted by molar-refractivity contribution is 5.91. The first-order valence-electron chi connectivity index (χ1n) is 13.5. The number of carbonyl (C=O) groups excluding carboxylic acids is 1. The van der Waals surface area contributed by atoms with Gasteiger partial charge in [-0.05, 0) is 105 Å². The maximum Gasteiger partial charge on any atom is 0.155 e. The Hall–Kier alpha value is -0.670. The Kier molecular flexibility index (Phi) is 3.23. The third-order valence-corrected chi connectivity index (χ3v) is 13.0. The molecule has 2 aliphatic heterocycles. The summed E-state index contributed by atoms with van der Waals surface area (Å²) in [5.74, 6) is 4.65. The molecule has 0 aromatic heterocycles. The van der Waals surface area contributed by atoms with Crippen molar-refractivity contribution < 1.29 is 9.53 Å². The van der Waals surface area contributed by atoms with Gasteiger partial charge in [-0.15, -0.1) is 0 Å². The highest BCUT2D eigenvalue weighted by Gasteiger charge is 2.91. The molecule has 0 aromatic rings. The van der Waals surface area contributed by atoms with E-state index in [0.29, 0.717) is 34.2 Å². The fourth-order valence-corrected chi connectivity index (χ4v) is 12.0. The van der Waals surface area contributed by atoms with Gasteiger partial charge in [0.2, 0.25) is 0 Å². The molecule has 7 fully saturated rings. The molecule has 3 heteroatoms. The minimum Gasteiger partial charge on any atom is -0.369 e. The van der Waals surface area contributed by atoms with Gasteiger partial charge in [-0.1, -0.05) is 19.4 Å². The van der Waals surface area contributed by atoms with E-state index in [-0.39, 0.29) is 5.60 Å². The Morgan fingerprint density at radius 2 is 1.97 bits per heavy atom. The van der Waals surface area contributed by atoms with Crippen molar-refractivity contribution >= 4 is 5.78 Å². The molecular formula is C28H39NO2. The second-order valence-electron chi connectivity index (χ2n) is 13.8. The Balaban J connectivity index is 1.15. The van der Waals surface area contributed by atoms with Crippen LogP contribution in [-0.4, -0.2) is 42.0 Å². The molecule has 3 spiro atoms. The number of fused-ring (bicyclic) bond motifs is 6. The highest BCUT2D eigenvalue weighted by atomic mass is 16.5. The molecule has 11 atom stereocenters. The molecule has 0 amide bonds. The molecule has 0 radical (unpaired) electrons. The molecule has 8 aliphatic rings. The molecule has 0 bridgehead atoms. The molecule has 2 saturated heterocycles. The molecule has 2 heterocycles. The number of allylic oxidation sites excluding steroid dienone is 2. The van der Waals surface area contributed by atoms with E-state index in [1.807, 2.05) is 0 Å². The van der Waals surface area contributed by atoms with Gasteiger partial charge in [0, 0.05) is 30.3 Å². The Bertz CT molecular complexity index is 926. The lowest BCUT2D eigenvalue weighted by Gasteiger charge is -2.60. The van der Waals surface area contributed by atoms with Crippen molar-refractivity contribution in [2.45, 2.75) is 95.8 Å². The van der Waals surface area contributed by atoms with Crippen molar-refractivity contribution in [2.75, 3.05) is 13.6 Å². The van der Waals surface area contributed by atoms with Crippen LogP contribution in [0.4, 0.5) is 0 Å². The standard InChI is InChI=1S/C28H39NO2/c1-16-10-23-24(29(3)14-16)22-13-27-15-26(27)12-21-19(20(26)7-9-28(22,27)31-23)5-4-17-11-18(30)6-8-25(17,21)2/h11,16,19-24H,4-10,12-15H2,1-3H3/t16-,19-,20-,21-,22+,23+,24-,25-,26?,27?,28+/m0/s1. The Morgan fingerprint density at radius 1 is 1.10 bits per heavy atom. The zero-order valence-electron chi connectivity index (χ0n) is 19.7. The monoisotopic (exact) mass is 421 g/mol. The predicted octanol–water partition coefficient (Wildman–Crippen LogP) is 5.00. The second-order valence-corrected chi connectivity index (χ2v) is 13.8. The summed E-state index contributed by atoms with van der Waals surface area (Å²) in [5.41, 5.74) is 3.18. The molecule has 168 valence electrons. The quantitative estimate of drug-likeness (QED) is 0.551. The molecule has 5 saturated carbocycles. The van der Waals surface area contributed by atoms with Crippen LogP contribution in [0.5, 0.6) is 0 Å². The fourth-order valence-electron chi connectivity index (χ4n) is 12.0. The summed E-state index contributed by atoms with van der Waals surface area (Å²) in [6.07, 6.45) is 15.5. The van der Waals surface area contributed by atoms with Gasteiger partial charge in [0.15, 0.2) is 5.78 Å². The third kappa shape index (κ3) is 1.83. The molecule has 31 heavy (non-hydrogen) atoms. The molecule has 0 N–H and O–H groups in total. The zero-order valence-corrected chi connectivity index (χ0v) is 19.7. The molecule has 8 rings (SSSR count). The summed E-state index contributed by atoms with van der Waals surface area (Å²) in [6, 6.07) is 0.691. The normalized spacial score (nSPS) is 63.4. The predicted molar refractivity (Wildman–Crippen MR) is 119 cm³/mol. The first kappa shape index (κ1) is 18.7. The number of nitrogens with zero attached hydrogens (tertiary/aromatic N) is 1. The molecule has 0 aromatic carbocycles. The van der Waals surface area contributed by atoms with Gasteiger partial charge in [-0.3, -0.25) is 4.79 Å². The van der Waals surface area contributed by atoms with E-state index in [1.165, 1.54) is 63.5 Å². The molecule has 2 unspecified atom stereocenters. The topological polar surface area (TPSA) is 29.5 Å². The van der Waals surface area contributed by atoms with Crippen LogP contribution >= 0.6 is 0 Å². The number of ketones is 1. The van der Waals surface area contributed by atoms with Gasteiger partial charge in [-0.25, -0.2) is 0 Å². The Labute approximate surface area is 187 Å². The minimum absolute atomic E-state index is 0.229. The van der Waals surface area contributed by atoms with Gasteiger partial charge in [-0.2, -0.15) is 0 Å². The van der Waals surface area contributed by atoms with Gasteiger partial charge in [0.25, 0.3) is 0 Å². The first-order chi connectivity index (χ1) is 14.8. The smallest absolute Gasteiger partial charge is 0.155 e. The average Bonchev–Trinajstić information content (AvgIpc) is 3.19. The van der Waals surface area contributed by atoms with E-state index in [2.05, 4.69) is 31.9 Å². The van der Waals surface area contributed by atoms with Gasteiger partial charge < -0.3 is 9.64 Å². The van der Waals surface area contributed by atoms with Crippen molar-refractivity contribution in [3.8, 4) is 0 Å². The van der Waals surface area contributed by atoms with Gasteiger partial charge in [0.05, 0.1) is 11.7 Å². The number of hydrogen-bond donors (Lipinski definition) is 0. The van der Waals surface area contributed by atoms with E-state index in [4.69, 9.17) is 4.74 Å². The summed E-state index contributed by atoms with van der Waals surface area (Å²) in [6.45, 7) is 6.22. The SMILES string of the molecule is C[C@H]1C[C@H]2O[C@@]34CC[C@H]5[C@@H]6CCC7=CC(=O)CC[C@]7(C)[C@H]6CC56CC63C[C@@H]4[C@@H]2N(C)C1. The zero-order chi connectivity index (χ0) is 21.0. The fraction of sp³-hybridized carbons (Fsp3) is 0.893. The van der Waals surface area contributed by atoms with Crippen LogP contribution in [0, 0.1) is 45.8 Å². The van der Waals surface area contributed by atoms with Crippen LogP contribution in [0.25, 0.3) is 0 Å². The van der Waals surface area contributed by atoms with Crippen LogP contribution in [0.15, 0.2) is 11.6 Å². The lowest BCUT2D eigenvalue weighted by atomic mass is 9.47. The number of likely N-dealkylation sites (tertiary alicyclic amines) is 1. The second kappa shape index (κ2) is 5.35. The number of likely N-dealkylation sites (N-methyl/N-ethyl adjacent to an activating group) is 1. The molecule has 6 aliphatic carbocycles. The minimum atomic E-state index is 0.229. The third-order valence-electron chi connectivity index (χ3n) is 13.0. The number of hydrogen-bond acceptors (Lipinski definition) is 3. The van der Waals surface area contributed by atoms with E-state index in [0.717, 1.165) is 42.4 Å². The van der Waals surface area contributed by atoms with E-state index < -0.39 is 0 Å². The average molecular weight is 422 g/mol. The summed E-state index contributed by atoms with van der Waals surface area (Å²) in [5, 5.41) is 0. The Morgan fingerprint density at radius 3 is 2.84 bits per heavy atom. The lowest BCUT2D eigenvalue weighted by Crippen LogP contribution is -2.64. The van der Waals surface area contributed by atoms with Crippen LogP contribution in [0.1, 0.15) is 78.1 Å². The summed E-state index contributed by atoms with van der Waals surface area (Å²) < 4.78 is 7.25. The van der Waals surface area contributed by atoms with Crippen molar-refractivity contribution in [3.63, 3.8) is 0 Å². The first-order valence-corrected chi connectivity index (χ1v) is 13.5. The van der Waals surface area contributed by atoms with E-state index in [1.54, 1.807) is 0 Å². The maximum atomic E-state index is 12.2. The van der Waals surface area contributed by atoms with Crippen LogP contribution in [0.2, 0.25) is 0 Å². The highest BCUT2D eigenvalue weighted by Crippen LogP contribution is 2.93. The summed E-state index contributed by atoms with van der Waals surface area (Å²) in [4.78, 5) is 14.9. The van der Waals surface area contributed by atoms with Crippen molar-refractivity contribution in [2.24, 2.45) is 45.8 Å². The van der Waals surface area contributed by atoms with Crippen molar-refractivity contribution in [1.29, 1.82) is 0 Å². The lowest BCUT2D eigenvalue weighted by molar-refractivity contribution is -0.211. The summed E-state index contributed by atoms with van der Waals surface area (Å²) in [7, 11) is 2.37. The van der Waals surface area contributed by atoms with E-state index >= 15 is 0 Å². The van der Waals surface area contributed by atoms with Crippen LogP contribution in [-0.2, 0) is 9.53 Å². The number of piperidine rings is 1. The number of carbonyl (C=O) groups is 1. The van der Waals surface area contributed by atoms with Crippen molar-refractivity contribution in [1.82, 2.24) is 4.90 Å². The summed E-state index contributed by atoms with van der Waals surface area (Å²) >= 11 is 0. The van der Waals surface area contributed by atoms with Crippen LogP contribution < -0.4 is 0 Å². The molecule has 3 nitrogen and oxygen atoms in total. The van der Waals surface area contributed by atoms with Gasteiger partial charge in [0.1, 0.15) is 0 Å². The van der Waals surface area contributed by atoms with Gasteiger partial charge >= 0.3 is 0 Å². The largest absolute Gasteiger partial charge is 0.369 e. The molecular weight excluding hydrogens is 382 g/mol. The number of rotatable bonds is 0.